The maximum atomic E-state index is 13.8. The van der Waals surface area contributed by atoms with E-state index in [1.807, 2.05) is 0 Å². The molecule has 2 aromatic carbocycles. The number of aromatic nitrogens is 1. The smallest absolute Gasteiger partial charge is 0.417 e. The fourth-order valence-corrected chi connectivity index (χ4v) is 3.62. The summed E-state index contributed by atoms with van der Waals surface area (Å²) in [5.74, 6) is -0.962. The minimum absolute atomic E-state index is 0.0758. The van der Waals surface area contributed by atoms with Gasteiger partial charge in [-0.15, -0.1) is 0 Å². The minimum Gasteiger partial charge on any atom is -0.481 e. The highest BCUT2D eigenvalue weighted by Crippen LogP contribution is 2.43. The summed E-state index contributed by atoms with van der Waals surface area (Å²) in [5, 5.41) is 0. The van der Waals surface area contributed by atoms with E-state index < -0.39 is 29.0 Å². The summed E-state index contributed by atoms with van der Waals surface area (Å²) in [5.41, 5.74) is -0.0939. The number of rotatable bonds is 3. The van der Waals surface area contributed by atoms with Crippen LogP contribution in [0, 0.1) is 12.7 Å². The molecule has 2 heterocycles. The standard InChI is InChI=1S/C22H17F4N3O2/c1-13-10-14(23)6-8-17(13)29-12-28(15-7-9-19(31-2)27-11-15)21(30)20-16(22(24,25)26)4-3-5-18(20)29/h3-11H,12H2,1-2H3. The molecule has 0 N–H and O–H groups in total. The van der Waals surface area contributed by atoms with Gasteiger partial charge in [-0.2, -0.15) is 13.2 Å². The lowest BCUT2D eigenvalue weighted by Crippen LogP contribution is -2.46. The van der Waals surface area contributed by atoms with E-state index in [9.17, 15) is 22.4 Å². The Balaban J connectivity index is 1.92. The number of carbonyl (C=O) groups is 1. The quantitative estimate of drug-likeness (QED) is 0.527. The van der Waals surface area contributed by atoms with Crippen molar-refractivity contribution in [2.24, 2.45) is 0 Å². The van der Waals surface area contributed by atoms with Crippen LogP contribution in [0.2, 0.25) is 0 Å². The molecule has 3 aromatic rings. The second kappa shape index (κ2) is 7.57. The molecule has 1 amide bonds. The lowest BCUT2D eigenvalue weighted by Gasteiger charge is -2.39. The first-order chi connectivity index (χ1) is 14.7. The van der Waals surface area contributed by atoms with Gasteiger partial charge in [-0.05, 0) is 48.9 Å². The van der Waals surface area contributed by atoms with Gasteiger partial charge >= 0.3 is 6.18 Å². The van der Waals surface area contributed by atoms with Crippen LogP contribution >= 0.6 is 0 Å². The molecule has 0 fully saturated rings. The molecule has 0 saturated heterocycles. The molecule has 0 aliphatic carbocycles. The van der Waals surface area contributed by atoms with E-state index in [1.54, 1.807) is 17.9 Å². The first kappa shape index (κ1) is 20.6. The number of hydrogen-bond donors (Lipinski definition) is 0. The second-order valence-corrected chi connectivity index (χ2v) is 6.99. The topological polar surface area (TPSA) is 45.7 Å². The number of amides is 1. The predicted octanol–water partition coefficient (Wildman–Crippen LogP) is 5.31. The van der Waals surface area contributed by atoms with Crippen molar-refractivity contribution >= 4 is 23.0 Å². The van der Waals surface area contributed by atoms with Crippen LogP contribution in [0.4, 0.5) is 34.6 Å². The van der Waals surface area contributed by atoms with Gasteiger partial charge in [0.15, 0.2) is 0 Å². The van der Waals surface area contributed by atoms with Crippen molar-refractivity contribution in [3.63, 3.8) is 0 Å². The van der Waals surface area contributed by atoms with Crippen LogP contribution in [0.3, 0.4) is 0 Å². The molecule has 0 saturated carbocycles. The molecule has 0 atom stereocenters. The lowest BCUT2D eigenvalue weighted by molar-refractivity contribution is -0.137. The molecule has 0 radical (unpaired) electrons. The Morgan fingerprint density at radius 3 is 2.42 bits per heavy atom. The molecule has 0 bridgehead atoms. The molecule has 0 unspecified atom stereocenters. The van der Waals surface area contributed by atoms with E-state index in [-0.39, 0.29) is 12.4 Å². The summed E-state index contributed by atoms with van der Waals surface area (Å²) in [4.78, 5) is 20.1. The maximum absolute atomic E-state index is 13.8. The zero-order chi connectivity index (χ0) is 22.3. The summed E-state index contributed by atoms with van der Waals surface area (Å²) in [7, 11) is 1.43. The van der Waals surface area contributed by atoms with Crippen LogP contribution in [-0.4, -0.2) is 24.7 Å². The van der Waals surface area contributed by atoms with Gasteiger partial charge in [0.1, 0.15) is 12.5 Å². The highest BCUT2D eigenvalue weighted by atomic mass is 19.4. The minimum atomic E-state index is -4.73. The number of ether oxygens (including phenoxy) is 1. The van der Waals surface area contributed by atoms with Gasteiger partial charge in [0.05, 0.1) is 35.8 Å². The number of benzene rings is 2. The molecule has 0 spiro atoms. The third-order valence-corrected chi connectivity index (χ3v) is 5.07. The van der Waals surface area contributed by atoms with Crippen LogP contribution in [-0.2, 0) is 6.18 Å². The molecule has 4 rings (SSSR count). The number of aryl methyl sites for hydroxylation is 1. The first-order valence-corrected chi connectivity index (χ1v) is 9.26. The Bertz CT molecular complexity index is 1150. The SMILES string of the molecule is COc1ccc(N2CN(c3ccc(F)cc3C)c3cccc(C(F)(F)F)c3C2=O)cn1. The van der Waals surface area contributed by atoms with Crippen LogP contribution in [0.25, 0.3) is 0 Å². The zero-order valence-electron chi connectivity index (χ0n) is 16.6. The van der Waals surface area contributed by atoms with Crippen LogP contribution < -0.4 is 14.5 Å². The molecular weight excluding hydrogens is 414 g/mol. The predicted molar refractivity (Wildman–Crippen MR) is 107 cm³/mol. The molecule has 31 heavy (non-hydrogen) atoms. The first-order valence-electron chi connectivity index (χ1n) is 9.26. The average Bonchev–Trinajstić information content (AvgIpc) is 2.74. The van der Waals surface area contributed by atoms with Gasteiger partial charge in [0, 0.05) is 11.8 Å². The zero-order valence-corrected chi connectivity index (χ0v) is 16.6. The Kier molecular flexibility index (Phi) is 5.04. The van der Waals surface area contributed by atoms with Crippen molar-refractivity contribution in [2.45, 2.75) is 13.1 Å². The molecule has 1 aliphatic heterocycles. The van der Waals surface area contributed by atoms with Gasteiger partial charge in [0.2, 0.25) is 5.88 Å². The highest BCUT2D eigenvalue weighted by molar-refractivity contribution is 6.13. The van der Waals surface area contributed by atoms with Crippen molar-refractivity contribution in [3.05, 3.63) is 77.2 Å². The van der Waals surface area contributed by atoms with Gasteiger partial charge in [-0.25, -0.2) is 9.37 Å². The highest BCUT2D eigenvalue weighted by Gasteiger charge is 2.41. The van der Waals surface area contributed by atoms with E-state index in [4.69, 9.17) is 4.74 Å². The van der Waals surface area contributed by atoms with Crippen molar-refractivity contribution in [1.82, 2.24) is 4.98 Å². The van der Waals surface area contributed by atoms with E-state index in [1.165, 1.54) is 54.6 Å². The number of alkyl halides is 3. The fraction of sp³-hybridized carbons (Fsp3) is 0.182. The molecule has 5 nitrogen and oxygen atoms in total. The van der Waals surface area contributed by atoms with E-state index in [0.29, 0.717) is 22.8 Å². The largest absolute Gasteiger partial charge is 0.481 e. The van der Waals surface area contributed by atoms with Crippen molar-refractivity contribution in [3.8, 4) is 5.88 Å². The molecule has 1 aromatic heterocycles. The van der Waals surface area contributed by atoms with Gasteiger partial charge in [-0.1, -0.05) is 6.07 Å². The Morgan fingerprint density at radius 2 is 1.81 bits per heavy atom. The summed E-state index contributed by atoms with van der Waals surface area (Å²) in [6.07, 6.45) is -3.38. The summed E-state index contributed by atoms with van der Waals surface area (Å²) < 4.78 is 60.0. The number of nitrogens with zero attached hydrogens (tertiary/aromatic N) is 3. The summed E-state index contributed by atoms with van der Waals surface area (Å²) >= 11 is 0. The molecule has 1 aliphatic rings. The van der Waals surface area contributed by atoms with Crippen molar-refractivity contribution in [1.29, 1.82) is 0 Å². The Hall–Kier alpha value is -3.62. The fourth-order valence-electron chi connectivity index (χ4n) is 3.62. The number of anilines is 3. The summed E-state index contributed by atoms with van der Waals surface area (Å²) in [6, 6.07) is 10.6. The van der Waals surface area contributed by atoms with Crippen LogP contribution in [0.1, 0.15) is 21.5 Å². The number of carbonyl (C=O) groups excluding carboxylic acids is 1. The number of fused-ring (bicyclic) bond motifs is 1. The van der Waals surface area contributed by atoms with E-state index in [2.05, 4.69) is 4.98 Å². The van der Waals surface area contributed by atoms with Crippen LogP contribution in [0.5, 0.6) is 5.88 Å². The molecular formula is C22H17F4N3O2. The van der Waals surface area contributed by atoms with E-state index >= 15 is 0 Å². The van der Waals surface area contributed by atoms with Crippen molar-refractivity contribution < 1.29 is 27.1 Å². The third kappa shape index (κ3) is 3.67. The molecule has 9 heteroatoms. The normalized spacial score (nSPS) is 13.9. The number of halogens is 4. The van der Waals surface area contributed by atoms with Crippen LogP contribution in [0.15, 0.2) is 54.7 Å². The number of methoxy groups -OCH3 is 1. The van der Waals surface area contributed by atoms with Gasteiger partial charge < -0.3 is 9.64 Å². The lowest BCUT2D eigenvalue weighted by atomic mass is 9.99. The number of pyridine rings is 1. The van der Waals surface area contributed by atoms with E-state index in [0.717, 1.165) is 6.07 Å². The van der Waals surface area contributed by atoms with Crippen molar-refractivity contribution in [2.75, 3.05) is 23.6 Å². The monoisotopic (exact) mass is 431 g/mol. The molecule has 160 valence electrons. The Morgan fingerprint density at radius 1 is 1.03 bits per heavy atom. The third-order valence-electron chi connectivity index (χ3n) is 5.07. The summed E-state index contributed by atoms with van der Waals surface area (Å²) in [6.45, 7) is 1.58. The van der Waals surface area contributed by atoms with Gasteiger partial charge in [0.25, 0.3) is 5.91 Å². The Labute approximate surface area is 175 Å². The van der Waals surface area contributed by atoms with Gasteiger partial charge in [-0.3, -0.25) is 9.69 Å². The maximum Gasteiger partial charge on any atom is 0.417 e. The second-order valence-electron chi connectivity index (χ2n) is 6.99. The number of hydrogen-bond acceptors (Lipinski definition) is 4. The average molecular weight is 431 g/mol.